The highest BCUT2D eigenvalue weighted by molar-refractivity contribution is 7.89. The number of nitrogens with one attached hydrogen (secondary N) is 1. The van der Waals surface area contributed by atoms with Crippen LogP contribution in [0.4, 0.5) is 13.2 Å². The first kappa shape index (κ1) is 23.1. The number of nitrogens with zero attached hydrogens (tertiary/aromatic N) is 1. The van der Waals surface area contributed by atoms with Gasteiger partial charge in [-0.05, 0) is 93.7 Å². The maximum Gasteiger partial charge on any atom is 0.416 e. The molecule has 4 aliphatic carbocycles. The molecule has 1 heterocycles. The van der Waals surface area contributed by atoms with Crippen molar-refractivity contribution in [2.45, 2.75) is 74.9 Å². The van der Waals surface area contributed by atoms with Crippen LogP contribution in [0.25, 0.3) is 0 Å². The van der Waals surface area contributed by atoms with Gasteiger partial charge in [0, 0.05) is 24.5 Å². The second-order valence-corrected chi connectivity index (χ2v) is 12.6. The third kappa shape index (κ3) is 4.31. The minimum atomic E-state index is -4.60. The normalized spacial score (nSPS) is 34.0. The van der Waals surface area contributed by atoms with Crippen LogP contribution < -0.4 is 5.32 Å². The summed E-state index contributed by atoms with van der Waals surface area (Å²) in [6.45, 7) is 0.673. The van der Waals surface area contributed by atoms with E-state index in [2.05, 4.69) is 5.32 Å². The summed E-state index contributed by atoms with van der Waals surface area (Å²) in [6, 6.07) is 3.61. The SMILES string of the molecule is O=C(NCCC1CCCN1S(=O)(=O)c1cccc(C(F)(F)F)c1)C12CC3CC(CC(C3)C1)C2. The van der Waals surface area contributed by atoms with Gasteiger partial charge in [0.25, 0.3) is 0 Å². The second kappa shape index (κ2) is 8.26. The van der Waals surface area contributed by atoms with E-state index in [0.717, 1.165) is 31.4 Å². The quantitative estimate of drug-likeness (QED) is 0.643. The average molecular weight is 485 g/mol. The summed E-state index contributed by atoms with van der Waals surface area (Å²) in [5, 5.41) is 3.10. The van der Waals surface area contributed by atoms with Gasteiger partial charge in [0.15, 0.2) is 0 Å². The van der Waals surface area contributed by atoms with Crippen molar-refractivity contribution in [3.8, 4) is 0 Å². The van der Waals surface area contributed by atoms with E-state index in [9.17, 15) is 26.4 Å². The van der Waals surface area contributed by atoms with Crippen molar-refractivity contribution >= 4 is 15.9 Å². The Kier molecular flexibility index (Phi) is 5.79. The predicted octanol–water partition coefficient (Wildman–Crippen LogP) is 4.58. The van der Waals surface area contributed by atoms with Gasteiger partial charge in [-0.25, -0.2) is 8.42 Å². The molecule has 33 heavy (non-hydrogen) atoms. The Morgan fingerprint density at radius 2 is 1.73 bits per heavy atom. The Morgan fingerprint density at radius 1 is 1.09 bits per heavy atom. The zero-order valence-corrected chi connectivity index (χ0v) is 19.4. The van der Waals surface area contributed by atoms with Gasteiger partial charge in [0.05, 0.1) is 10.5 Å². The number of hydrogen-bond donors (Lipinski definition) is 1. The molecule has 0 radical (unpaired) electrons. The Labute approximate surface area is 193 Å². The molecule has 6 rings (SSSR count). The summed E-state index contributed by atoms with van der Waals surface area (Å²) in [5.41, 5.74) is -1.21. The molecule has 1 atom stereocenters. The van der Waals surface area contributed by atoms with Crippen LogP contribution in [0, 0.1) is 23.2 Å². The lowest BCUT2D eigenvalue weighted by molar-refractivity contribution is -0.146. The molecular formula is C24H31F3N2O3S. The molecule has 1 amide bonds. The molecule has 1 aromatic rings. The van der Waals surface area contributed by atoms with Crippen molar-refractivity contribution in [3.63, 3.8) is 0 Å². The number of amides is 1. The predicted molar refractivity (Wildman–Crippen MR) is 117 cm³/mol. The summed E-state index contributed by atoms with van der Waals surface area (Å²) in [6.07, 6.45) is 3.88. The number of alkyl halides is 3. The fourth-order valence-electron chi connectivity index (χ4n) is 7.31. The van der Waals surface area contributed by atoms with E-state index in [1.165, 1.54) is 29.6 Å². The van der Waals surface area contributed by atoms with Gasteiger partial charge in [0.1, 0.15) is 0 Å². The van der Waals surface area contributed by atoms with Crippen molar-refractivity contribution in [1.29, 1.82) is 0 Å². The second-order valence-electron chi connectivity index (χ2n) is 10.7. The van der Waals surface area contributed by atoms with Crippen molar-refractivity contribution in [3.05, 3.63) is 29.8 Å². The molecule has 1 aromatic carbocycles. The number of carbonyl (C=O) groups is 1. The smallest absolute Gasteiger partial charge is 0.356 e. The van der Waals surface area contributed by atoms with Crippen LogP contribution >= 0.6 is 0 Å². The molecule has 1 N–H and O–H groups in total. The number of halogens is 3. The first-order valence-corrected chi connectivity index (χ1v) is 13.5. The highest BCUT2D eigenvalue weighted by Crippen LogP contribution is 2.60. The van der Waals surface area contributed by atoms with E-state index in [-0.39, 0.29) is 28.8 Å². The highest BCUT2D eigenvalue weighted by Gasteiger charge is 2.54. The third-order valence-electron chi connectivity index (χ3n) is 8.37. The first-order chi connectivity index (χ1) is 15.6. The molecule has 182 valence electrons. The standard InChI is InChI=1S/C24H31F3N2O3S/c25-24(26,27)19-3-1-5-21(12-19)33(31,32)29-8-2-4-20(29)6-7-28-22(30)23-13-16-9-17(14-23)11-18(10-16)15-23/h1,3,5,12,16-18,20H,2,4,6-11,13-15H2,(H,28,30). The summed E-state index contributed by atoms with van der Waals surface area (Å²) < 4.78 is 66.8. The monoisotopic (exact) mass is 484 g/mol. The summed E-state index contributed by atoms with van der Waals surface area (Å²) >= 11 is 0. The van der Waals surface area contributed by atoms with Crippen molar-refractivity contribution in [1.82, 2.24) is 9.62 Å². The molecule has 4 bridgehead atoms. The fraction of sp³-hybridized carbons (Fsp3) is 0.708. The molecule has 0 aromatic heterocycles. The Bertz CT molecular complexity index is 989. The lowest BCUT2D eigenvalue weighted by Gasteiger charge is -2.55. The number of carbonyl (C=O) groups excluding carboxylic acids is 1. The maximum absolute atomic E-state index is 13.2. The molecule has 1 saturated heterocycles. The van der Waals surface area contributed by atoms with E-state index < -0.39 is 21.8 Å². The van der Waals surface area contributed by atoms with Crippen LogP contribution in [0.15, 0.2) is 29.2 Å². The lowest BCUT2D eigenvalue weighted by atomic mass is 9.49. The Hall–Kier alpha value is -1.61. The molecule has 5 fully saturated rings. The van der Waals surface area contributed by atoms with Gasteiger partial charge in [-0.1, -0.05) is 6.07 Å². The average Bonchev–Trinajstić information content (AvgIpc) is 3.22. The zero-order valence-electron chi connectivity index (χ0n) is 18.6. The van der Waals surface area contributed by atoms with Crippen LogP contribution in [-0.4, -0.2) is 37.8 Å². The largest absolute Gasteiger partial charge is 0.416 e. The number of benzene rings is 1. The number of rotatable bonds is 6. The van der Waals surface area contributed by atoms with Crippen LogP contribution in [-0.2, 0) is 21.0 Å². The van der Waals surface area contributed by atoms with Gasteiger partial charge in [0.2, 0.25) is 15.9 Å². The number of sulfonamides is 1. The molecular weight excluding hydrogens is 453 g/mol. The van der Waals surface area contributed by atoms with Crippen LogP contribution in [0.1, 0.15) is 63.4 Å². The molecule has 5 nitrogen and oxygen atoms in total. The van der Waals surface area contributed by atoms with Crippen LogP contribution in [0.2, 0.25) is 0 Å². The molecule has 4 saturated carbocycles. The first-order valence-electron chi connectivity index (χ1n) is 12.0. The maximum atomic E-state index is 13.2. The van der Waals surface area contributed by atoms with Gasteiger partial charge >= 0.3 is 6.18 Å². The molecule has 1 unspecified atom stereocenters. The Balaban J connectivity index is 1.22. The highest BCUT2D eigenvalue weighted by atomic mass is 32.2. The topological polar surface area (TPSA) is 66.5 Å². The minimum Gasteiger partial charge on any atom is -0.356 e. The van der Waals surface area contributed by atoms with E-state index in [1.807, 2.05) is 0 Å². The van der Waals surface area contributed by atoms with E-state index in [0.29, 0.717) is 49.6 Å². The van der Waals surface area contributed by atoms with E-state index in [1.54, 1.807) is 0 Å². The number of hydrogen-bond acceptors (Lipinski definition) is 3. The molecule has 1 aliphatic heterocycles. The molecule has 9 heteroatoms. The summed E-state index contributed by atoms with van der Waals surface area (Å²) in [7, 11) is -4.04. The molecule has 5 aliphatic rings. The van der Waals surface area contributed by atoms with Crippen LogP contribution in [0.3, 0.4) is 0 Å². The third-order valence-corrected chi connectivity index (χ3v) is 10.3. The Morgan fingerprint density at radius 3 is 2.33 bits per heavy atom. The van der Waals surface area contributed by atoms with Gasteiger partial charge < -0.3 is 5.32 Å². The van der Waals surface area contributed by atoms with Crippen molar-refractivity contribution in [2.24, 2.45) is 23.2 Å². The van der Waals surface area contributed by atoms with Gasteiger partial charge in [-0.3, -0.25) is 4.79 Å². The fourth-order valence-corrected chi connectivity index (χ4v) is 9.08. The van der Waals surface area contributed by atoms with Gasteiger partial charge in [-0.2, -0.15) is 17.5 Å². The zero-order chi connectivity index (χ0) is 23.4. The summed E-state index contributed by atoms with van der Waals surface area (Å²) in [5.74, 6) is 2.13. The van der Waals surface area contributed by atoms with Crippen molar-refractivity contribution < 1.29 is 26.4 Å². The van der Waals surface area contributed by atoms with E-state index >= 15 is 0 Å². The summed E-state index contributed by atoms with van der Waals surface area (Å²) in [4.78, 5) is 12.8. The van der Waals surface area contributed by atoms with Crippen LogP contribution in [0.5, 0.6) is 0 Å². The minimum absolute atomic E-state index is 0.117. The van der Waals surface area contributed by atoms with Gasteiger partial charge in [-0.15, -0.1) is 0 Å². The lowest BCUT2D eigenvalue weighted by Crippen LogP contribution is -2.54. The van der Waals surface area contributed by atoms with Crippen molar-refractivity contribution in [2.75, 3.05) is 13.1 Å². The molecule has 0 spiro atoms. The van der Waals surface area contributed by atoms with E-state index in [4.69, 9.17) is 0 Å².